The maximum atomic E-state index is 11.5. The molecule has 3 N–H and O–H groups in total. The molecule has 1 aliphatic carbocycles. The van der Waals surface area contributed by atoms with Gasteiger partial charge in [-0.15, -0.1) is 0 Å². The quantitative estimate of drug-likeness (QED) is 0.652. The van der Waals surface area contributed by atoms with Crippen LogP contribution >= 0.6 is 0 Å². The average molecular weight is 196 g/mol. The van der Waals surface area contributed by atoms with Crippen molar-refractivity contribution in [3.8, 4) is 0 Å². The Morgan fingerprint density at radius 2 is 2.43 bits per heavy atom. The second kappa shape index (κ2) is 5.81. The van der Waals surface area contributed by atoms with Gasteiger partial charge >= 0.3 is 0 Å². The summed E-state index contributed by atoms with van der Waals surface area (Å²) in [5, 5.41) is 2.92. The monoisotopic (exact) mass is 196 g/mol. The van der Waals surface area contributed by atoms with E-state index >= 15 is 0 Å². The number of nitrogens with one attached hydrogen (secondary N) is 1. The van der Waals surface area contributed by atoms with Crippen molar-refractivity contribution in [2.45, 2.75) is 45.1 Å². The smallest absolute Gasteiger partial charge is 0.246 e. The Kier molecular flexibility index (Phi) is 4.66. The lowest BCUT2D eigenvalue weighted by molar-refractivity contribution is -0.117. The fourth-order valence-electron chi connectivity index (χ4n) is 1.62. The van der Waals surface area contributed by atoms with Crippen LogP contribution in [0.1, 0.15) is 39.0 Å². The molecule has 1 aliphatic rings. The molecular formula is C11H20N2O. The Bertz CT molecular complexity index is 223. The number of unbranched alkanes of at least 4 members (excludes halogenated alkanes) is 2. The fourth-order valence-corrected chi connectivity index (χ4v) is 1.62. The van der Waals surface area contributed by atoms with Gasteiger partial charge in [-0.25, -0.2) is 0 Å². The molecule has 14 heavy (non-hydrogen) atoms. The number of amides is 1. The Morgan fingerprint density at radius 1 is 1.64 bits per heavy atom. The van der Waals surface area contributed by atoms with E-state index in [0.29, 0.717) is 0 Å². The van der Waals surface area contributed by atoms with Gasteiger partial charge in [0.1, 0.15) is 0 Å². The van der Waals surface area contributed by atoms with Crippen LogP contribution in [0.3, 0.4) is 0 Å². The summed E-state index contributed by atoms with van der Waals surface area (Å²) in [6.45, 7) is 2.94. The predicted octanol–water partition coefficient (Wildman–Crippen LogP) is 1.34. The molecule has 0 bridgehead atoms. The van der Waals surface area contributed by atoms with Gasteiger partial charge in [0, 0.05) is 18.2 Å². The van der Waals surface area contributed by atoms with Crippen LogP contribution in [-0.2, 0) is 4.79 Å². The SMILES string of the molecule is CCCCCNC(=O)C1=CC[C@@H](N)C1. The average Bonchev–Trinajstić information content (AvgIpc) is 2.59. The molecule has 0 spiro atoms. The molecule has 1 amide bonds. The van der Waals surface area contributed by atoms with Crippen LogP contribution in [0.25, 0.3) is 0 Å². The molecule has 0 fully saturated rings. The summed E-state index contributed by atoms with van der Waals surface area (Å²) >= 11 is 0. The summed E-state index contributed by atoms with van der Waals surface area (Å²) in [6, 6.07) is 0.159. The first-order chi connectivity index (χ1) is 6.74. The van der Waals surface area contributed by atoms with E-state index in [0.717, 1.165) is 31.4 Å². The molecule has 0 aromatic heterocycles. The normalized spacial score (nSPS) is 20.7. The Hall–Kier alpha value is -0.830. The molecule has 0 saturated heterocycles. The van der Waals surface area contributed by atoms with Crippen molar-refractivity contribution in [2.24, 2.45) is 5.73 Å². The second-order valence-electron chi connectivity index (χ2n) is 3.89. The zero-order valence-electron chi connectivity index (χ0n) is 8.88. The van der Waals surface area contributed by atoms with Gasteiger partial charge in [0.15, 0.2) is 0 Å². The number of hydrogen-bond donors (Lipinski definition) is 2. The highest BCUT2D eigenvalue weighted by Gasteiger charge is 2.17. The largest absolute Gasteiger partial charge is 0.352 e. The summed E-state index contributed by atoms with van der Waals surface area (Å²) in [5.74, 6) is 0.0778. The molecule has 0 heterocycles. The molecule has 1 atom stereocenters. The number of carbonyl (C=O) groups excluding carboxylic acids is 1. The molecule has 3 nitrogen and oxygen atoms in total. The highest BCUT2D eigenvalue weighted by Crippen LogP contribution is 2.16. The molecule has 3 heteroatoms. The maximum absolute atomic E-state index is 11.5. The molecule has 1 rings (SSSR count). The van der Waals surface area contributed by atoms with Gasteiger partial charge in [0.2, 0.25) is 5.91 Å². The third-order valence-corrected chi connectivity index (χ3v) is 2.51. The predicted molar refractivity (Wildman–Crippen MR) is 57.8 cm³/mol. The van der Waals surface area contributed by atoms with Gasteiger partial charge in [0.05, 0.1) is 0 Å². The molecule has 0 aliphatic heterocycles. The minimum absolute atomic E-state index is 0.0778. The van der Waals surface area contributed by atoms with Crippen molar-refractivity contribution in [2.75, 3.05) is 6.54 Å². The third-order valence-electron chi connectivity index (χ3n) is 2.51. The fraction of sp³-hybridized carbons (Fsp3) is 0.727. The van der Waals surface area contributed by atoms with E-state index in [1.54, 1.807) is 0 Å². The van der Waals surface area contributed by atoms with E-state index in [9.17, 15) is 4.79 Å². The van der Waals surface area contributed by atoms with Crippen LogP contribution in [0.5, 0.6) is 0 Å². The van der Waals surface area contributed by atoms with Crippen LogP contribution in [0.15, 0.2) is 11.6 Å². The van der Waals surface area contributed by atoms with Crippen molar-refractivity contribution in [3.05, 3.63) is 11.6 Å². The summed E-state index contributed by atoms with van der Waals surface area (Å²) in [4.78, 5) is 11.5. The van der Waals surface area contributed by atoms with Gasteiger partial charge in [0.25, 0.3) is 0 Å². The molecule has 0 aromatic rings. The number of rotatable bonds is 5. The molecule has 0 aromatic carbocycles. The summed E-state index contributed by atoms with van der Waals surface area (Å²) < 4.78 is 0. The van der Waals surface area contributed by atoms with E-state index in [2.05, 4.69) is 12.2 Å². The van der Waals surface area contributed by atoms with E-state index in [-0.39, 0.29) is 11.9 Å². The summed E-state index contributed by atoms with van der Waals surface area (Å²) in [7, 11) is 0. The Morgan fingerprint density at radius 3 is 3.00 bits per heavy atom. The molecule has 0 saturated carbocycles. The number of carbonyl (C=O) groups is 1. The highest BCUT2D eigenvalue weighted by atomic mass is 16.1. The lowest BCUT2D eigenvalue weighted by atomic mass is 10.2. The lowest BCUT2D eigenvalue weighted by Gasteiger charge is -2.05. The number of nitrogens with two attached hydrogens (primary N) is 1. The third kappa shape index (κ3) is 3.50. The molecule has 0 unspecified atom stereocenters. The van der Waals surface area contributed by atoms with Gasteiger partial charge in [-0.3, -0.25) is 4.79 Å². The van der Waals surface area contributed by atoms with E-state index in [1.165, 1.54) is 12.8 Å². The minimum Gasteiger partial charge on any atom is -0.352 e. The van der Waals surface area contributed by atoms with Crippen molar-refractivity contribution >= 4 is 5.91 Å². The zero-order valence-corrected chi connectivity index (χ0v) is 8.88. The van der Waals surface area contributed by atoms with Gasteiger partial charge in [-0.2, -0.15) is 0 Å². The van der Waals surface area contributed by atoms with Crippen molar-refractivity contribution in [1.82, 2.24) is 5.32 Å². The van der Waals surface area contributed by atoms with Gasteiger partial charge in [-0.05, 0) is 19.3 Å². The molecule has 0 radical (unpaired) electrons. The zero-order chi connectivity index (χ0) is 10.4. The minimum atomic E-state index is 0.0778. The lowest BCUT2D eigenvalue weighted by Crippen LogP contribution is -2.27. The summed E-state index contributed by atoms with van der Waals surface area (Å²) in [5.41, 5.74) is 6.58. The van der Waals surface area contributed by atoms with Crippen LogP contribution in [0.4, 0.5) is 0 Å². The first-order valence-electron chi connectivity index (χ1n) is 5.47. The first kappa shape index (κ1) is 11.2. The van der Waals surface area contributed by atoms with E-state index < -0.39 is 0 Å². The van der Waals surface area contributed by atoms with Crippen molar-refractivity contribution in [1.29, 1.82) is 0 Å². The van der Waals surface area contributed by atoms with Crippen LogP contribution < -0.4 is 11.1 Å². The van der Waals surface area contributed by atoms with Gasteiger partial charge in [-0.1, -0.05) is 25.8 Å². The summed E-state index contributed by atoms with van der Waals surface area (Å²) in [6.07, 6.45) is 6.97. The highest BCUT2D eigenvalue weighted by molar-refractivity contribution is 5.93. The molecule has 80 valence electrons. The standard InChI is InChI=1S/C11H20N2O/c1-2-3-4-7-13-11(14)9-5-6-10(12)8-9/h5,10H,2-4,6-8,12H2,1H3,(H,13,14)/t10-/m1/s1. The van der Waals surface area contributed by atoms with Crippen LogP contribution in [0.2, 0.25) is 0 Å². The van der Waals surface area contributed by atoms with Crippen LogP contribution in [-0.4, -0.2) is 18.5 Å². The Labute approximate surface area is 85.7 Å². The topological polar surface area (TPSA) is 55.1 Å². The first-order valence-corrected chi connectivity index (χ1v) is 5.47. The maximum Gasteiger partial charge on any atom is 0.246 e. The van der Waals surface area contributed by atoms with E-state index in [4.69, 9.17) is 5.73 Å². The van der Waals surface area contributed by atoms with Crippen molar-refractivity contribution in [3.63, 3.8) is 0 Å². The molecular weight excluding hydrogens is 176 g/mol. The van der Waals surface area contributed by atoms with Crippen molar-refractivity contribution < 1.29 is 4.79 Å². The van der Waals surface area contributed by atoms with E-state index in [1.807, 2.05) is 6.08 Å². The Balaban J connectivity index is 2.16. The second-order valence-corrected chi connectivity index (χ2v) is 3.89. The number of hydrogen-bond acceptors (Lipinski definition) is 2. The van der Waals surface area contributed by atoms with Gasteiger partial charge < -0.3 is 11.1 Å². The van der Waals surface area contributed by atoms with Crippen LogP contribution in [0, 0.1) is 0 Å².